The summed E-state index contributed by atoms with van der Waals surface area (Å²) >= 11 is 0. The first kappa shape index (κ1) is 25.6. The molecule has 0 unspecified atom stereocenters. The Bertz CT molecular complexity index is 1700. The normalized spacial score (nSPS) is 18.3. The maximum Gasteiger partial charge on any atom is 0.573 e. The van der Waals surface area contributed by atoms with Gasteiger partial charge in [0.25, 0.3) is 0 Å². The Balaban J connectivity index is 1.12. The van der Waals surface area contributed by atoms with Crippen LogP contribution in [0.15, 0.2) is 65.2 Å². The number of carbonyl (C=O) groups is 1. The second kappa shape index (κ2) is 9.36. The van der Waals surface area contributed by atoms with Crippen molar-refractivity contribution in [3.05, 3.63) is 77.6 Å². The van der Waals surface area contributed by atoms with Crippen LogP contribution >= 0.6 is 0 Å². The molecule has 3 heterocycles. The lowest BCUT2D eigenvalue weighted by Gasteiger charge is -2.46. The third-order valence-corrected chi connectivity index (χ3v) is 8.38. The van der Waals surface area contributed by atoms with Gasteiger partial charge in [-0.15, -0.1) is 13.2 Å². The van der Waals surface area contributed by atoms with Crippen molar-refractivity contribution in [2.24, 2.45) is 5.41 Å². The Labute approximate surface area is 233 Å². The van der Waals surface area contributed by atoms with Gasteiger partial charge in [0, 0.05) is 35.5 Å². The van der Waals surface area contributed by atoms with Crippen molar-refractivity contribution < 1.29 is 32.3 Å². The molecular formula is C31H26F3N3O4. The van der Waals surface area contributed by atoms with Crippen molar-refractivity contribution in [1.29, 1.82) is 0 Å². The van der Waals surface area contributed by atoms with E-state index in [-0.39, 0.29) is 28.2 Å². The van der Waals surface area contributed by atoms with E-state index in [1.165, 1.54) is 12.1 Å². The zero-order valence-electron chi connectivity index (χ0n) is 21.9. The Morgan fingerprint density at radius 3 is 2.54 bits per heavy atom. The van der Waals surface area contributed by atoms with Gasteiger partial charge in [0.15, 0.2) is 0 Å². The van der Waals surface area contributed by atoms with Crippen LogP contribution in [-0.2, 0) is 0 Å². The van der Waals surface area contributed by atoms with Crippen LogP contribution in [-0.4, -0.2) is 40.7 Å². The zero-order valence-corrected chi connectivity index (χ0v) is 21.9. The number of fused-ring (bicyclic) bond motifs is 1. The van der Waals surface area contributed by atoms with Crippen LogP contribution in [0, 0.1) is 5.41 Å². The highest BCUT2D eigenvalue weighted by atomic mass is 19.4. The lowest BCUT2D eigenvalue weighted by atomic mass is 9.63. The number of carboxylic acid groups (broad SMARTS) is 1. The zero-order chi connectivity index (χ0) is 28.4. The molecule has 2 aliphatic carbocycles. The monoisotopic (exact) mass is 561 g/mol. The third-order valence-electron chi connectivity index (χ3n) is 8.38. The number of rotatable bonds is 6. The summed E-state index contributed by atoms with van der Waals surface area (Å²) < 4.78 is 49.4. The number of aromatic carboxylic acids is 1. The van der Waals surface area contributed by atoms with Gasteiger partial charge >= 0.3 is 12.3 Å². The van der Waals surface area contributed by atoms with Gasteiger partial charge in [-0.05, 0) is 85.6 Å². The number of hydrogen-bond acceptors (Lipinski definition) is 6. The van der Waals surface area contributed by atoms with Crippen molar-refractivity contribution in [2.75, 3.05) is 18.0 Å². The summed E-state index contributed by atoms with van der Waals surface area (Å²) in [5.41, 5.74) is 3.54. The molecule has 0 bridgehead atoms. The second-order valence-corrected chi connectivity index (χ2v) is 11.2. The van der Waals surface area contributed by atoms with E-state index < -0.39 is 12.3 Å². The molecule has 0 atom stereocenters. The third kappa shape index (κ3) is 4.81. The van der Waals surface area contributed by atoms with E-state index >= 15 is 0 Å². The van der Waals surface area contributed by atoms with E-state index in [2.05, 4.69) is 20.9 Å². The molecule has 3 aliphatic rings. The number of aromatic nitrogens is 2. The first-order valence-corrected chi connectivity index (χ1v) is 13.6. The van der Waals surface area contributed by atoms with Crippen LogP contribution in [0.1, 0.15) is 59.7 Å². The standard InChI is InChI=1S/C31H26F3N3O4/c32-31(33,34)40-24-4-2-1-3-22(24)27-26(28(41-36-27)18-5-6-18)21-16-30(17-21)11-13-37(14-12-30)25-10-8-19-15-20(29(38)39)7-9-23(19)35-25/h1-4,7-10,15-16,18H,5-6,11-14,17H2,(H,38,39). The number of alkyl halides is 3. The fraction of sp³-hybridized carbons (Fsp3) is 0.323. The summed E-state index contributed by atoms with van der Waals surface area (Å²) in [6.45, 7) is 1.62. The topological polar surface area (TPSA) is 88.7 Å². The number of piperidine rings is 1. The lowest BCUT2D eigenvalue weighted by molar-refractivity contribution is -0.274. The van der Waals surface area contributed by atoms with E-state index in [1.54, 1.807) is 30.3 Å². The minimum Gasteiger partial charge on any atom is -0.478 e. The molecule has 7 nitrogen and oxygen atoms in total. The van der Waals surface area contributed by atoms with Crippen molar-refractivity contribution in [3.63, 3.8) is 0 Å². The predicted molar refractivity (Wildman–Crippen MR) is 146 cm³/mol. The number of halogens is 3. The molecule has 1 spiro atoms. The maximum absolute atomic E-state index is 13.1. The first-order chi connectivity index (χ1) is 19.7. The van der Waals surface area contributed by atoms with Crippen molar-refractivity contribution in [1.82, 2.24) is 10.1 Å². The molecule has 7 rings (SSSR count). The number of nitrogens with zero attached hydrogens (tertiary/aromatic N) is 3. The Morgan fingerprint density at radius 1 is 1.07 bits per heavy atom. The highest BCUT2D eigenvalue weighted by Crippen LogP contribution is 2.56. The fourth-order valence-corrected chi connectivity index (χ4v) is 6.10. The minimum absolute atomic E-state index is 0.0103. The van der Waals surface area contributed by atoms with Gasteiger partial charge in [-0.25, -0.2) is 9.78 Å². The molecular weight excluding hydrogens is 535 g/mol. The molecule has 1 saturated carbocycles. The molecule has 41 heavy (non-hydrogen) atoms. The maximum atomic E-state index is 13.1. The van der Waals surface area contributed by atoms with Crippen LogP contribution in [0.3, 0.4) is 0 Å². The van der Waals surface area contributed by atoms with Crippen molar-refractivity contribution in [3.8, 4) is 17.0 Å². The number of allylic oxidation sites excluding steroid dienone is 2. The lowest BCUT2D eigenvalue weighted by Crippen LogP contribution is -2.42. The number of para-hydroxylation sites is 1. The van der Waals surface area contributed by atoms with Crippen LogP contribution in [0.5, 0.6) is 5.75 Å². The average molecular weight is 562 g/mol. The van der Waals surface area contributed by atoms with E-state index in [4.69, 9.17) is 9.51 Å². The molecule has 0 amide bonds. The number of ether oxygens (including phenoxy) is 1. The number of hydrogen-bond donors (Lipinski definition) is 1. The van der Waals surface area contributed by atoms with E-state index in [9.17, 15) is 23.1 Å². The molecule has 210 valence electrons. The van der Waals surface area contributed by atoms with E-state index in [0.717, 1.165) is 78.8 Å². The number of benzene rings is 2. The highest BCUT2D eigenvalue weighted by Gasteiger charge is 2.44. The van der Waals surface area contributed by atoms with Gasteiger partial charge in [-0.2, -0.15) is 0 Å². The van der Waals surface area contributed by atoms with Crippen LogP contribution in [0.4, 0.5) is 19.0 Å². The molecule has 2 aromatic heterocycles. The minimum atomic E-state index is -4.81. The van der Waals surface area contributed by atoms with E-state index in [0.29, 0.717) is 5.69 Å². The van der Waals surface area contributed by atoms with Crippen molar-refractivity contribution >= 4 is 28.3 Å². The summed E-state index contributed by atoms with van der Waals surface area (Å²) in [5.74, 6) is 0.602. The number of pyridine rings is 1. The molecule has 2 fully saturated rings. The molecule has 1 N–H and O–H groups in total. The first-order valence-electron chi connectivity index (χ1n) is 13.6. The van der Waals surface area contributed by atoms with Gasteiger partial charge in [0.2, 0.25) is 0 Å². The molecule has 4 aromatic rings. The fourth-order valence-electron chi connectivity index (χ4n) is 6.10. The molecule has 1 saturated heterocycles. The Hall–Kier alpha value is -4.34. The van der Waals surface area contributed by atoms with Gasteiger partial charge in [0.1, 0.15) is 23.0 Å². The number of carboxylic acids is 1. The molecule has 1 aliphatic heterocycles. The smallest absolute Gasteiger partial charge is 0.478 e. The van der Waals surface area contributed by atoms with Crippen LogP contribution < -0.4 is 9.64 Å². The Kier molecular flexibility index (Phi) is 5.85. The molecule has 2 aromatic carbocycles. The van der Waals surface area contributed by atoms with Gasteiger partial charge < -0.3 is 19.3 Å². The average Bonchev–Trinajstić information content (AvgIpc) is 3.69. The summed E-state index contributed by atoms with van der Waals surface area (Å²) in [7, 11) is 0. The summed E-state index contributed by atoms with van der Waals surface area (Å²) in [6, 6.07) is 14.8. The second-order valence-electron chi connectivity index (χ2n) is 11.2. The van der Waals surface area contributed by atoms with E-state index in [1.807, 2.05) is 12.1 Å². The number of anilines is 1. The largest absolute Gasteiger partial charge is 0.573 e. The van der Waals surface area contributed by atoms with Gasteiger partial charge in [-0.3, -0.25) is 0 Å². The predicted octanol–water partition coefficient (Wildman–Crippen LogP) is 7.44. The van der Waals surface area contributed by atoms with Gasteiger partial charge in [0.05, 0.1) is 11.1 Å². The van der Waals surface area contributed by atoms with Crippen LogP contribution in [0.25, 0.3) is 27.7 Å². The van der Waals surface area contributed by atoms with Gasteiger partial charge in [-0.1, -0.05) is 23.4 Å². The quantitative estimate of drug-likeness (QED) is 0.262. The Morgan fingerprint density at radius 2 is 1.83 bits per heavy atom. The summed E-state index contributed by atoms with van der Waals surface area (Å²) in [5, 5.41) is 14.3. The summed E-state index contributed by atoms with van der Waals surface area (Å²) in [6.07, 6.45) is 2.05. The summed E-state index contributed by atoms with van der Waals surface area (Å²) in [4.78, 5) is 18.3. The van der Waals surface area contributed by atoms with Crippen LogP contribution in [0.2, 0.25) is 0 Å². The molecule has 0 radical (unpaired) electrons. The SMILES string of the molecule is O=C(O)c1ccc2nc(N3CCC4(C=C(c5c(-c6ccccc6OC(F)(F)F)noc5C5CC5)C4)CC3)ccc2c1. The molecule has 10 heteroatoms. The van der Waals surface area contributed by atoms with Crippen molar-refractivity contribution in [2.45, 2.75) is 44.4 Å². The highest BCUT2D eigenvalue weighted by molar-refractivity contribution is 5.93.